The van der Waals surface area contributed by atoms with Crippen molar-refractivity contribution in [3.63, 3.8) is 0 Å². The molecular formula is C25H21ClN2O3S. The van der Waals surface area contributed by atoms with Gasteiger partial charge in [-0.3, -0.25) is 4.79 Å². The minimum atomic E-state index is -0.210. The van der Waals surface area contributed by atoms with E-state index in [-0.39, 0.29) is 11.9 Å². The maximum absolute atomic E-state index is 13.3. The van der Waals surface area contributed by atoms with Crippen molar-refractivity contribution in [2.75, 3.05) is 13.2 Å². The zero-order valence-electron chi connectivity index (χ0n) is 17.4. The van der Waals surface area contributed by atoms with Crippen molar-refractivity contribution >= 4 is 40.2 Å². The molecule has 4 aromatic rings. The summed E-state index contributed by atoms with van der Waals surface area (Å²) in [6, 6.07) is 21.1. The molecule has 0 radical (unpaired) electrons. The van der Waals surface area contributed by atoms with E-state index in [1.165, 1.54) is 0 Å². The highest BCUT2D eigenvalue weighted by Gasteiger charge is 2.22. The van der Waals surface area contributed by atoms with Crippen LogP contribution in [0.4, 0.5) is 0 Å². The van der Waals surface area contributed by atoms with Gasteiger partial charge >= 0.3 is 0 Å². The number of benzene rings is 3. The van der Waals surface area contributed by atoms with E-state index in [9.17, 15) is 4.79 Å². The second kappa shape index (κ2) is 8.81. The van der Waals surface area contributed by atoms with Crippen molar-refractivity contribution in [1.82, 2.24) is 10.3 Å². The van der Waals surface area contributed by atoms with E-state index in [4.69, 9.17) is 21.1 Å². The van der Waals surface area contributed by atoms with Crippen molar-refractivity contribution in [1.29, 1.82) is 0 Å². The normalized spacial score (nSPS) is 13.7. The molecule has 162 valence electrons. The number of fused-ring (bicyclic) bond motifs is 2. The molecule has 1 unspecified atom stereocenters. The van der Waals surface area contributed by atoms with Crippen LogP contribution in [0.5, 0.6) is 11.5 Å². The molecule has 0 bridgehead atoms. The van der Waals surface area contributed by atoms with Crippen LogP contribution in [0.1, 0.15) is 29.0 Å². The fourth-order valence-electron chi connectivity index (χ4n) is 3.68. The lowest BCUT2D eigenvalue weighted by Crippen LogP contribution is -2.27. The minimum Gasteiger partial charge on any atom is -0.486 e. The predicted octanol–water partition coefficient (Wildman–Crippen LogP) is 6.23. The van der Waals surface area contributed by atoms with Crippen LogP contribution in [0.2, 0.25) is 5.02 Å². The summed E-state index contributed by atoms with van der Waals surface area (Å²) in [5.74, 6) is 1.27. The Morgan fingerprint density at radius 2 is 1.78 bits per heavy atom. The van der Waals surface area contributed by atoms with Gasteiger partial charge in [0.25, 0.3) is 5.91 Å². The van der Waals surface area contributed by atoms with Gasteiger partial charge in [-0.2, -0.15) is 0 Å². The first-order valence-electron chi connectivity index (χ1n) is 10.3. The largest absolute Gasteiger partial charge is 0.486 e. The number of aromatic amines is 1. The fraction of sp³-hybridized carbons (Fsp3) is 0.160. The predicted molar refractivity (Wildman–Crippen MR) is 127 cm³/mol. The molecule has 0 fully saturated rings. The third-order valence-electron chi connectivity index (χ3n) is 5.33. The molecule has 1 amide bonds. The molecule has 1 atom stereocenters. The minimum absolute atomic E-state index is 0.167. The molecule has 3 aromatic carbocycles. The quantitative estimate of drug-likeness (QED) is 0.367. The summed E-state index contributed by atoms with van der Waals surface area (Å²) >= 11 is 7.58. The highest BCUT2D eigenvalue weighted by atomic mass is 35.5. The third kappa shape index (κ3) is 4.16. The molecular weight excluding hydrogens is 444 g/mol. The Bertz CT molecular complexity index is 1290. The number of ether oxygens (including phenoxy) is 2. The van der Waals surface area contributed by atoms with Crippen molar-refractivity contribution in [3.8, 4) is 11.5 Å². The van der Waals surface area contributed by atoms with Crippen LogP contribution < -0.4 is 14.8 Å². The number of amides is 1. The van der Waals surface area contributed by atoms with E-state index in [0.717, 1.165) is 32.0 Å². The number of H-pyrrole nitrogens is 1. The van der Waals surface area contributed by atoms with Gasteiger partial charge in [-0.15, -0.1) is 0 Å². The lowest BCUT2D eigenvalue weighted by molar-refractivity contribution is 0.0932. The van der Waals surface area contributed by atoms with Crippen LogP contribution in [0.15, 0.2) is 76.5 Å². The van der Waals surface area contributed by atoms with Crippen LogP contribution in [-0.2, 0) is 0 Å². The van der Waals surface area contributed by atoms with Crippen LogP contribution >= 0.6 is 23.4 Å². The molecule has 0 aliphatic carbocycles. The third-order valence-corrected chi connectivity index (χ3v) is 6.72. The summed E-state index contributed by atoms with van der Waals surface area (Å²) < 4.78 is 11.3. The number of hydrogen-bond donors (Lipinski definition) is 2. The van der Waals surface area contributed by atoms with Gasteiger partial charge in [-0.05, 0) is 55.0 Å². The average Bonchev–Trinajstić information content (AvgIpc) is 3.18. The van der Waals surface area contributed by atoms with Crippen molar-refractivity contribution in [2.45, 2.75) is 22.8 Å². The molecule has 5 nitrogen and oxygen atoms in total. The van der Waals surface area contributed by atoms with Crippen LogP contribution in [0.25, 0.3) is 10.9 Å². The van der Waals surface area contributed by atoms with E-state index < -0.39 is 0 Å². The standard InChI is InChI=1S/C25H21ClN2O3S/c1-15(16-6-11-21-22(14-16)31-13-12-30-21)27-25(29)23-24(19-4-2-3-5-20(19)28-23)32-18-9-7-17(26)8-10-18/h2-11,14-15,28H,12-13H2,1H3,(H,27,29). The zero-order valence-corrected chi connectivity index (χ0v) is 18.9. The smallest absolute Gasteiger partial charge is 0.269 e. The first-order valence-corrected chi connectivity index (χ1v) is 11.5. The average molecular weight is 465 g/mol. The highest BCUT2D eigenvalue weighted by Crippen LogP contribution is 2.37. The summed E-state index contributed by atoms with van der Waals surface area (Å²) in [6.07, 6.45) is 0. The summed E-state index contributed by atoms with van der Waals surface area (Å²) in [6.45, 7) is 3.03. The number of para-hydroxylation sites is 1. The van der Waals surface area contributed by atoms with Crippen LogP contribution in [0, 0.1) is 0 Å². The Kier molecular flexibility index (Phi) is 5.72. The van der Waals surface area contributed by atoms with E-state index >= 15 is 0 Å². The van der Waals surface area contributed by atoms with E-state index in [2.05, 4.69) is 10.3 Å². The van der Waals surface area contributed by atoms with Gasteiger partial charge in [-0.25, -0.2) is 0 Å². The zero-order chi connectivity index (χ0) is 22.1. The number of nitrogens with one attached hydrogen (secondary N) is 2. The Morgan fingerprint density at radius 1 is 1.03 bits per heavy atom. The molecule has 1 aliphatic heterocycles. The van der Waals surface area contributed by atoms with Crippen molar-refractivity contribution in [3.05, 3.63) is 83.0 Å². The number of carbonyl (C=O) groups is 1. The molecule has 1 aromatic heterocycles. The summed E-state index contributed by atoms with van der Waals surface area (Å²) in [5, 5.41) is 4.80. The molecule has 0 spiro atoms. The molecule has 1 aliphatic rings. The maximum Gasteiger partial charge on any atom is 0.269 e. The number of aromatic nitrogens is 1. The SMILES string of the molecule is CC(NC(=O)c1[nH]c2ccccc2c1Sc1ccc(Cl)cc1)c1ccc2c(c1)OCCO2. The molecule has 5 rings (SSSR count). The van der Waals surface area contributed by atoms with Crippen molar-refractivity contribution in [2.24, 2.45) is 0 Å². The van der Waals surface area contributed by atoms with E-state index in [0.29, 0.717) is 29.7 Å². The monoisotopic (exact) mass is 464 g/mol. The van der Waals surface area contributed by atoms with Gasteiger partial charge in [-0.1, -0.05) is 47.6 Å². The van der Waals surface area contributed by atoms with Gasteiger partial charge in [0, 0.05) is 20.8 Å². The fourth-order valence-corrected chi connectivity index (χ4v) is 4.85. The maximum atomic E-state index is 13.3. The lowest BCUT2D eigenvalue weighted by Gasteiger charge is -2.21. The van der Waals surface area contributed by atoms with Gasteiger partial charge < -0.3 is 19.8 Å². The Labute approximate surface area is 195 Å². The summed E-state index contributed by atoms with van der Waals surface area (Å²) in [5.41, 5.74) is 2.40. The molecule has 32 heavy (non-hydrogen) atoms. The van der Waals surface area contributed by atoms with E-state index in [1.807, 2.05) is 73.7 Å². The van der Waals surface area contributed by atoms with Crippen LogP contribution in [0.3, 0.4) is 0 Å². The molecule has 0 saturated heterocycles. The van der Waals surface area contributed by atoms with Gasteiger partial charge in [0.05, 0.1) is 10.9 Å². The second-order valence-corrected chi connectivity index (χ2v) is 9.05. The van der Waals surface area contributed by atoms with Crippen molar-refractivity contribution < 1.29 is 14.3 Å². The summed E-state index contributed by atoms with van der Waals surface area (Å²) in [7, 11) is 0. The summed E-state index contributed by atoms with van der Waals surface area (Å²) in [4.78, 5) is 18.5. The van der Waals surface area contributed by atoms with Crippen LogP contribution in [-0.4, -0.2) is 24.1 Å². The molecule has 0 saturated carbocycles. The first-order chi connectivity index (χ1) is 15.6. The molecule has 7 heteroatoms. The Hall–Kier alpha value is -3.09. The lowest BCUT2D eigenvalue weighted by atomic mass is 10.1. The first kappa shape index (κ1) is 20.8. The molecule has 2 heterocycles. The van der Waals surface area contributed by atoms with E-state index in [1.54, 1.807) is 11.8 Å². The molecule has 2 N–H and O–H groups in total. The Morgan fingerprint density at radius 3 is 2.59 bits per heavy atom. The van der Waals surface area contributed by atoms with Gasteiger partial charge in [0.2, 0.25) is 0 Å². The van der Waals surface area contributed by atoms with Gasteiger partial charge in [0.15, 0.2) is 11.5 Å². The number of hydrogen-bond acceptors (Lipinski definition) is 4. The number of carbonyl (C=O) groups excluding carboxylic acids is 1. The Balaban J connectivity index is 1.43. The topological polar surface area (TPSA) is 63.4 Å². The van der Waals surface area contributed by atoms with Gasteiger partial charge in [0.1, 0.15) is 18.9 Å². The highest BCUT2D eigenvalue weighted by molar-refractivity contribution is 7.99. The second-order valence-electron chi connectivity index (χ2n) is 7.53. The number of rotatable bonds is 5. The number of halogens is 1.